The monoisotopic (exact) mass is 374 g/mol. The van der Waals surface area contributed by atoms with Gasteiger partial charge in [-0.2, -0.15) is 0 Å². The lowest BCUT2D eigenvalue weighted by molar-refractivity contribution is 0.240. The van der Waals surface area contributed by atoms with Crippen molar-refractivity contribution < 1.29 is 4.39 Å². The van der Waals surface area contributed by atoms with Crippen LogP contribution in [0.5, 0.6) is 0 Å². The van der Waals surface area contributed by atoms with Crippen molar-refractivity contribution in [3.63, 3.8) is 0 Å². The maximum Gasteiger partial charge on any atom is 0.276 e. The Labute approximate surface area is 161 Å². The molecule has 1 aliphatic heterocycles. The molecule has 6 heteroatoms. The van der Waals surface area contributed by atoms with Gasteiger partial charge in [0, 0.05) is 31.3 Å². The summed E-state index contributed by atoms with van der Waals surface area (Å²) in [5.41, 5.74) is 4.97. The third-order valence-corrected chi connectivity index (χ3v) is 5.25. The van der Waals surface area contributed by atoms with Gasteiger partial charge >= 0.3 is 0 Å². The number of benzene rings is 2. The number of aromatic nitrogens is 3. The maximum atomic E-state index is 13.2. The molecule has 5 nitrogen and oxygen atoms in total. The van der Waals surface area contributed by atoms with E-state index in [1.165, 1.54) is 22.2 Å². The minimum atomic E-state index is -0.288. The van der Waals surface area contributed by atoms with E-state index in [1.54, 1.807) is 12.1 Å². The molecular formula is C22H19FN4O. The zero-order valence-electron chi connectivity index (χ0n) is 15.2. The molecule has 1 aliphatic rings. The number of fused-ring (bicyclic) bond motifs is 2. The molecule has 28 heavy (non-hydrogen) atoms. The molecule has 2 aromatic heterocycles. The molecule has 3 heterocycles. The molecule has 0 unspecified atom stereocenters. The van der Waals surface area contributed by atoms with Gasteiger partial charge in [0.1, 0.15) is 5.82 Å². The molecule has 5 rings (SSSR count). The predicted molar refractivity (Wildman–Crippen MR) is 105 cm³/mol. The fourth-order valence-corrected chi connectivity index (χ4v) is 3.80. The van der Waals surface area contributed by atoms with Crippen LogP contribution >= 0.6 is 0 Å². The average Bonchev–Trinajstić information content (AvgIpc) is 3.14. The number of hydrogen-bond acceptors (Lipinski definition) is 3. The lowest BCUT2D eigenvalue weighted by atomic mass is 10.1. The van der Waals surface area contributed by atoms with Gasteiger partial charge in [-0.3, -0.25) is 14.8 Å². The molecule has 0 amide bonds. The second kappa shape index (κ2) is 6.73. The van der Waals surface area contributed by atoms with Gasteiger partial charge in [0.25, 0.3) is 5.56 Å². The van der Waals surface area contributed by atoms with E-state index in [4.69, 9.17) is 4.98 Å². The lowest BCUT2D eigenvalue weighted by Crippen LogP contribution is -2.35. The smallest absolute Gasteiger partial charge is 0.276 e. The van der Waals surface area contributed by atoms with E-state index in [0.29, 0.717) is 18.6 Å². The van der Waals surface area contributed by atoms with Crippen LogP contribution in [-0.4, -0.2) is 26.0 Å². The molecule has 1 N–H and O–H groups in total. The van der Waals surface area contributed by atoms with Crippen LogP contribution in [0, 0.1) is 5.82 Å². The van der Waals surface area contributed by atoms with Gasteiger partial charge in [0.15, 0.2) is 5.65 Å². The number of nitrogens with one attached hydrogen (secondary N) is 1. The summed E-state index contributed by atoms with van der Waals surface area (Å²) in [5, 5.41) is 3.11. The van der Waals surface area contributed by atoms with E-state index >= 15 is 0 Å². The maximum absolute atomic E-state index is 13.2. The summed E-state index contributed by atoms with van der Waals surface area (Å²) in [6.45, 7) is 2.33. The Kier molecular flexibility index (Phi) is 4.06. The highest BCUT2D eigenvalue weighted by Crippen LogP contribution is 2.21. The van der Waals surface area contributed by atoms with E-state index in [-0.39, 0.29) is 11.4 Å². The first kappa shape index (κ1) is 16.9. The van der Waals surface area contributed by atoms with Crippen LogP contribution in [0.3, 0.4) is 0 Å². The summed E-state index contributed by atoms with van der Waals surface area (Å²) >= 11 is 0. The van der Waals surface area contributed by atoms with Crippen LogP contribution in [0.2, 0.25) is 0 Å². The third kappa shape index (κ3) is 3.01. The van der Waals surface area contributed by atoms with Crippen molar-refractivity contribution in [3.8, 4) is 11.3 Å². The Morgan fingerprint density at radius 1 is 1.07 bits per heavy atom. The second-order valence-electron chi connectivity index (χ2n) is 7.16. The van der Waals surface area contributed by atoms with E-state index in [2.05, 4.69) is 22.1 Å². The predicted octanol–water partition coefficient (Wildman–Crippen LogP) is 3.39. The largest absolute Gasteiger partial charge is 0.293 e. The first-order valence-electron chi connectivity index (χ1n) is 9.33. The summed E-state index contributed by atoms with van der Waals surface area (Å²) in [5.74, 6) is -0.288. The Morgan fingerprint density at radius 3 is 2.64 bits per heavy atom. The molecule has 4 aromatic rings. The fourth-order valence-electron chi connectivity index (χ4n) is 3.80. The highest BCUT2D eigenvalue weighted by molar-refractivity contribution is 5.64. The standard InChI is InChI=1S/C22H19FN4O/c23-17-8-6-16(7-9-17)19-12-21-24-20-14-26(13-15-4-2-1-3-5-15)11-10-18(20)22(28)27(21)25-19/h1-9,12,25H,10-11,13-14H2. The highest BCUT2D eigenvalue weighted by Gasteiger charge is 2.22. The SMILES string of the molecule is O=c1c2c(nc3cc(-c4ccc(F)cc4)[nH]n13)CN(Cc1ccccc1)CC2. The van der Waals surface area contributed by atoms with Crippen molar-refractivity contribution in [2.75, 3.05) is 6.54 Å². The number of halogens is 1. The van der Waals surface area contributed by atoms with Crippen molar-refractivity contribution in [1.29, 1.82) is 0 Å². The van der Waals surface area contributed by atoms with Gasteiger partial charge in [0.05, 0.1) is 11.4 Å². The highest BCUT2D eigenvalue weighted by atomic mass is 19.1. The number of hydrogen-bond donors (Lipinski definition) is 1. The lowest BCUT2D eigenvalue weighted by Gasteiger charge is -2.27. The molecule has 0 bridgehead atoms. The molecule has 0 saturated carbocycles. The van der Waals surface area contributed by atoms with Gasteiger partial charge in [-0.05, 0) is 41.8 Å². The Balaban J connectivity index is 1.49. The summed E-state index contributed by atoms with van der Waals surface area (Å²) in [6, 6.07) is 18.3. The minimum absolute atomic E-state index is 0.0484. The Morgan fingerprint density at radius 2 is 1.86 bits per heavy atom. The van der Waals surface area contributed by atoms with Crippen LogP contribution in [0.15, 0.2) is 65.5 Å². The average molecular weight is 374 g/mol. The summed E-state index contributed by atoms with van der Waals surface area (Å²) < 4.78 is 14.7. The normalized spacial score (nSPS) is 14.3. The van der Waals surface area contributed by atoms with Crippen molar-refractivity contribution in [2.45, 2.75) is 19.5 Å². The quantitative estimate of drug-likeness (QED) is 0.598. The Bertz CT molecular complexity index is 1200. The number of nitrogens with zero attached hydrogens (tertiary/aromatic N) is 3. The molecule has 0 radical (unpaired) electrons. The van der Waals surface area contributed by atoms with Crippen LogP contribution in [0.4, 0.5) is 4.39 Å². The zero-order valence-corrected chi connectivity index (χ0v) is 15.2. The van der Waals surface area contributed by atoms with Gasteiger partial charge in [-0.25, -0.2) is 13.9 Å². The van der Waals surface area contributed by atoms with Crippen molar-refractivity contribution in [3.05, 3.63) is 93.7 Å². The topological polar surface area (TPSA) is 53.4 Å². The van der Waals surface area contributed by atoms with Crippen LogP contribution < -0.4 is 5.56 Å². The van der Waals surface area contributed by atoms with Gasteiger partial charge in [0.2, 0.25) is 0 Å². The minimum Gasteiger partial charge on any atom is -0.293 e. The van der Waals surface area contributed by atoms with Crippen molar-refractivity contribution >= 4 is 5.65 Å². The Hall–Kier alpha value is -3.25. The van der Waals surface area contributed by atoms with Crippen LogP contribution in [0.25, 0.3) is 16.9 Å². The van der Waals surface area contributed by atoms with E-state index in [1.807, 2.05) is 24.3 Å². The van der Waals surface area contributed by atoms with Crippen LogP contribution in [0.1, 0.15) is 16.8 Å². The molecule has 0 fully saturated rings. The first-order valence-corrected chi connectivity index (χ1v) is 9.33. The van der Waals surface area contributed by atoms with Gasteiger partial charge in [-0.15, -0.1) is 0 Å². The molecule has 0 aliphatic carbocycles. The molecule has 0 atom stereocenters. The molecule has 0 saturated heterocycles. The summed E-state index contributed by atoms with van der Waals surface area (Å²) in [6.07, 6.45) is 0.682. The van der Waals surface area contributed by atoms with Gasteiger partial charge < -0.3 is 0 Å². The third-order valence-electron chi connectivity index (χ3n) is 5.25. The van der Waals surface area contributed by atoms with Gasteiger partial charge in [-0.1, -0.05) is 30.3 Å². The molecular weight excluding hydrogens is 355 g/mol. The van der Waals surface area contributed by atoms with Crippen molar-refractivity contribution in [1.82, 2.24) is 19.5 Å². The zero-order chi connectivity index (χ0) is 19.1. The molecule has 0 spiro atoms. The van der Waals surface area contributed by atoms with E-state index in [9.17, 15) is 9.18 Å². The summed E-state index contributed by atoms with van der Waals surface area (Å²) in [4.78, 5) is 20.0. The van der Waals surface area contributed by atoms with E-state index < -0.39 is 0 Å². The second-order valence-corrected chi connectivity index (χ2v) is 7.16. The molecule has 2 aromatic carbocycles. The number of aromatic amines is 1. The number of rotatable bonds is 3. The van der Waals surface area contributed by atoms with Crippen LogP contribution in [-0.2, 0) is 19.5 Å². The summed E-state index contributed by atoms with van der Waals surface area (Å²) in [7, 11) is 0. The first-order chi connectivity index (χ1) is 13.7. The van der Waals surface area contributed by atoms with E-state index in [0.717, 1.165) is 35.6 Å². The number of H-pyrrole nitrogens is 1. The molecule has 140 valence electrons. The fraction of sp³-hybridized carbons (Fsp3) is 0.182. The van der Waals surface area contributed by atoms with Crippen molar-refractivity contribution in [2.24, 2.45) is 0 Å².